The molecule has 4 nitrogen and oxygen atoms in total. The van der Waals surface area contributed by atoms with E-state index >= 15 is 0 Å². The number of aliphatic carboxylic acids is 1. The van der Waals surface area contributed by atoms with Crippen molar-refractivity contribution in [2.75, 3.05) is 6.54 Å². The van der Waals surface area contributed by atoms with Gasteiger partial charge in [-0.25, -0.2) is 0 Å². The topological polar surface area (TPSA) is 60.8 Å². The van der Waals surface area contributed by atoms with Crippen LogP contribution in [0, 0.1) is 0 Å². The molecule has 0 saturated carbocycles. The van der Waals surface area contributed by atoms with Gasteiger partial charge in [0.1, 0.15) is 11.3 Å². The first-order valence-corrected chi connectivity index (χ1v) is 6.80. The zero-order valence-corrected chi connectivity index (χ0v) is 11.5. The summed E-state index contributed by atoms with van der Waals surface area (Å²) >= 11 is 0. The zero-order chi connectivity index (χ0) is 14.0. The van der Waals surface area contributed by atoms with Gasteiger partial charge in [-0.3, -0.25) is 9.69 Å². The number of benzene rings is 1. The zero-order valence-electron chi connectivity index (χ0n) is 11.5. The Bertz CT molecular complexity index is 474. The number of phenols is 1. The van der Waals surface area contributed by atoms with Crippen molar-refractivity contribution in [2.24, 2.45) is 0 Å². The molecule has 1 fully saturated rings. The van der Waals surface area contributed by atoms with Gasteiger partial charge in [-0.1, -0.05) is 19.1 Å². The van der Waals surface area contributed by atoms with E-state index in [0.717, 1.165) is 18.5 Å². The van der Waals surface area contributed by atoms with Gasteiger partial charge in [0.2, 0.25) is 0 Å². The molecule has 0 radical (unpaired) electrons. The van der Waals surface area contributed by atoms with Crippen molar-refractivity contribution >= 4 is 5.97 Å². The third kappa shape index (κ3) is 2.32. The van der Waals surface area contributed by atoms with Crippen molar-refractivity contribution < 1.29 is 15.0 Å². The molecule has 0 amide bonds. The molecule has 2 N–H and O–H groups in total. The lowest BCUT2D eigenvalue weighted by molar-refractivity contribution is -0.151. The summed E-state index contributed by atoms with van der Waals surface area (Å²) in [6.45, 7) is 4.73. The average Bonchev–Trinajstić information content (AvgIpc) is 2.82. The molecule has 19 heavy (non-hydrogen) atoms. The molecular formula is C15H21NO3. The Morgan fingerprint density at radius 3 is 2.84 bits per heavy atom. The fourth-order valence-corrected chi connectivity index (χ4v) is 3.19. The van der Waals surface area contributed by atoms with Crippen LogP contribution >= 0.6 is 0 Å². The van der Waals surface area contributed by atoms with Crippen LogP contribution in [0.15, 0.2) is 24.3 Å². The fraction of sp³-hybridized carbons (Fsp3) is 0.533. The van der Waals surface area contributed by atoms with E-state index in [4.69, 9.17) is 0 Å². The highest BCUT2D eigenvalue weighted by molar-refractivity contribution is 5.79. The predicted molar refractivity (Wildman–Crippen MR) is 73.1 cm³/mol. The first-order valence-electron chi connectivity index (χ1n) is 6.80. The molecule has 4 heteroatoms. The molecular weight excluding hydrogens is 242 g/mol. The Labute approximate surface area is 113 Å². The van der Waals surface area contributed by atoms with Crippen molar-refractivity contribution in [1.82, 2.24) is 4.90 Å². The Morgan fingerprint density at radius 1 is 1.53 bits per heavy atom. The first-order chi connectivity index (χ1) is 9.01. The van der Waals surface area contributed by atoms with Gasteiger partial charge in [0.25, 0.3) is 0 Å². The summed E-state index contributed by atoms with van der Waals surface area (Å²) in [7, 11) is 0. The second-order valence-corrected chi connectivity index (χ2v) is 5.26. The van der Waals surface area contributed by atoms with E-state index in [1.54, 1.807) is 18.2 Å². The number of carbonyl (C=O) groups is 1. The highest BCUT2D eigenvalue weighted by atomic mass is 16.4. The lowest BCUT2D eigenvalue weighted by Gasteiger charge is -2.38. The Hall–Kier alpha value is -1.55. The minimum absolute atomic E-state index is 0.00866. The van der Waals surface area contributed by atoms with Crippen LogP contribution in [-0.4, -0.2) is 33.2 Å². The van der Waals surface area contributed by atoms with Gasteiger partial charge < -0.3 is 10.2 Å². The molecule has 2 unspecified atom stereocenters. The molecule has 0 aromatic heterocycles. The van der Waals surface area contributed by atoms with Gasteiger partial charge in [-0.15, -0.1) is 0 Å². The Morgan fingerprint density at radius 2 is 2.26 bits per heavy atom. The van der Waals surface area contributed by atoms with Gasteiger partial charge in [0.05, 0.1) is 0 Å². The van der Waals surface area contributed by atoms with Crippen molar-refractivity contribution in [3.8, 4) is 5.75 Å². The Balaban J connectivity index is 2.32. The van der Waals surface area contributed by atoms with Crippen LogP contribution in [0.25, 0.3) is 0 Å². The second kappa shape index (κ2) is 5.21. The molecule has 104 valence electrons. The van der Waals surface area contributed by atoms with Gasteiger partial charge in [0.15, 0.2) is 0 Å². The van der Waals surface area contributed by atoms with E-state index in [0.29, 0.717) is 12.8 Å². The molecule has 0 aliphatic carbocycles. The van der Waals surface area contributed by atoms with Gasteiger partial charge >= 0.3 is 5.97 Å². The molecule has 1 aromatic rings. The molecule has 1 aromatic carbocycles. The number of rotatable bonds is 4. The maximum atomic E-state index is 11.7. The lowest BCUT2D eigenvalue weighted by atomic mass is 9.91. The highest BCUT2D eigenvalue weighted by Crippen LogP contribution is 2.39. The number of phenolic OH excluding ortho intramolecular Hbond substituents is 1. The van der Waals surface area contributed by atoms with E-state index < -0.39 is 11.5 Å². The number of carboxylic acids is 1. The molecule has 0 spiro atoms. The van der Waals surface area contributed by atoms with Crippen LogP contribution in [-0.2, 0) is 4.79 Å². The van der Waals surface area contributed by atoms with E-state index in [1.165, 1.54) is 0 Å². The van der Waals surface area contributed by atoms with E-state index in [-0.39, 0.29) is 11.8 Å². The van der Waals surface area contributed by atoms with Gasteiger partial charge in [0, 0.05) is 6.04 Å². The fourth-order valence-electron chi connectivity index (χ4n) is 3.19. The van der Waals surface area contributed by atoms with Crippen LogP contribution in [0.4, 0.5) is 0 Å². The van der Waals surface area contributed by atoms with E-state index in [1.807, 2.05) is 19.9 Å². The average molecular weight is 263 g/mol. The smallest absolute Gasteiger partial charge is 0.324 e. The van der Waals surface area contributed by atoms with Crippen molar-refractivity contribution in [2.45, 2.75) is 44.7 Å². The summed E-state index contributed by atoms with van der Waals surface area (Å²) in [5.74, 6) is -0.513. The third-order valence-electron chi connectivity index (χ3n) is 4.34. The summed E-state index contributed by atoms with van der Waals surface area (Å²) < 4.78 is 0. The number of hydrogen-bond donors (Lipinski definition) is 2. The summed E-state index contributed by atoms with van der Waals surface area (Å²) in [4.78, 5) is 13.7. The van der Waals surface area contributed by atoms with E-state index in [2.05, 4.69) is 4.90 Å². The Kier molecular flexibility index (Phi) is 3.80. The van der Waals surface area contributed by atoms with Crippen molar-refractivity contribution in [3.05, 3.63) is 29.8 Å². The normalized spacial score (nSPS) is 25.4. The molecule has 1 aliphatic heterocycles. The van der Waals surface area contributed by atoms with Crippen LogP contribution in [0.3, 0.4) is 0 Å². The van der Waals surface area contributed by atoms with E-state index in [9.17, 15) is 15.0 Å². The van der Waals surface area contributed by atoms with Gasteiger partial charge in [-0.05, 0) is 50.4 Å². The number of aromatic hydroxyl groups is 1. The maximum Gasteiger partial charge on any atom is 0.324 e. The molecule has 1 heterocycles. The second-order valence-electron chi connectivity index (χ2n) is 5.26. The molecule has 0 bridgehead atoms. The maximum absolute atomic E-state index is 11.7. The third-order valence-corrected chi connectivity index (χ3v) is 4.34. The highest BCUT2D eigenvalue weighted by Gasteiger charge is 2.48. The molecule has 1 saturated heterocycles. The van der Waals surface area contributed by atoms with Crippen LogP contribution in [0.2, 0.25) is 0 Å². The van der Waals surface area contributed by atoms with Crippen LogP contribution in [0.5, 0.6) is 5.75 Å². The quantitative estimate of drug-likeness (QED) is 0.877. The van der Waals surface area contributed by atoms with Gasteiger partial charge in [-0.2, -0.15) is 0 Å². The molecule has 1 aliphatic rings. The van der Waals surface area contributed by atoms with Crippen molar-refractivity contribution in [1.29, 1.82) is 0 Å². The van der Waals surface area contributed by atoms with Crippen LogP contribution < -0.4 is 0 Å². The SMILES string of the molecule is CCC1(C(=O)O)CCCN1C(C)c1cccc(O)c1. The summed E-state index contributed by atoms with van der Waals surface area (Å²) in [5.41, 5.74) is 0.200. The first kappa shape index (κ1) is 13.9. The number of nitrogens with zero attached hydrogens (tertiary/aromatic N) is 1. The monoisotopic (exact) mass is 263 g/mol. The number of carboxylic acid groups (broad SMARTS) is 1. The minimum Gasteiger partial charge on any atom is -0.508 e. The summed E-state index contributed by atoms with van der Waals surface area (Å²) in [5, 5.41) is 19.2. The summed E-state index contributed by atoms with van der Waals surface area (Å²) in [6, 6.07) is 7.07. The standard InChI is InChI=1S/C15H21NO3/c1-3-15(14(18)19)8-5-9-16(15)11(2)12-6-4-7-13(17)10-12/h4,6-7,10-11,17H,3,5,8-9H2,1-2H3,(H,18,19). The van der Waals surface area contributed by atoms with Crippen LogP contribution in [0.1, 0.15) is 44.7 Å². The minimum atomic E-state index is -0.759. The summed E-state index contributed by atoms with van der Waals surface area (Å²) in [6.07, 6.45) is 2.21. The molecule has 2 rings (SSSR count). The number of hydrogen-bond acceptors (Lipinski definition) is 3. The predicted octanol–water partition coefficient (Wildman–Crippen LogP) is 2.78. The van der Waals surface area contributed by atoms with Crippen molar-refractivity contribution in [3.63, 3.8) is 0 Å². The number of likely N-dealkylation sites (tertiary alicyclic amines) is 1. The molecule has 2 atom stereocenters. The largest absolute Gasteiger partial charge is 0.508 e. The lowest BCUT2D eigenvalue weighted by Crippen LogP contribution is -2.50.